The van der Waals surface area contributed by atoms with Gasteiger partial charge in [-0.2, -0.15) is 0 Å². The van der Waals surface area contributed by atoms with Gasteiger partial charge in [-0.15, -0.1) is 0 Å². The van der Waals surface area contributed by atoms with Crippen LogP contribution in [0.3, 0.4) is 0 Å². The van der Waals surface area contributed by atoms with Crippen LogP contribution in [0.5, 0.6) is 0 Å². The second kappa shape index (κ2) is 5.73. The quantitative estimate of drug-likeness (QED) is 0.900. The molecule has 1 fully saturated rings. The van der Waals surface area contributed by atoms with Crippen LogP contribution in [0.2, 0.25) is 0 Å². The van der Waals surface area contributed by atoms with Crippen molar-refractivity contribution >= 4 is 11.8 Å². The normalized spacial score (nSPS) is 19.0. The van der Waals surface area contributed by atoms with Gasteiger partial charge in [0.2, 0.25) is 0 Å². The van der Waals surface area contributed by atoms with E-state index in [2.05, 4.69) is 36.5 Å². The van der Waals surface area contributed by atoms with Crippen molar-refractivity contribution < 1.29 is 9.53 Å². The summed E-state index contributed by atoms with van der Waals surface area (Å²) in [6.45, 7) is 9.19. The number of benzene rings is 1. The van der Waals surface area contributed by atoms with Gasteiger partial charge in [-0.3, -0.25) is 0 Å². The van der Waals surface area contributed by atoms with Crippen molar-refractivity contribution in [3.63, 3.8) is 0 Å². The zero-order valence-electron chi connectivity index (χ0n) is 12.8. The van der Waals surface area contributed by atoms with Crippen molar-refractivity contribution in [1.82, 2.24) is 4.90 Å². The highest BCUT2D eigenvalue weighted by Gasteiger charge is 2.29. The molecular weight excluding hydrogens is 252 g/mol. The Hall–Kier alpha value is -1.71. The summed E-state index contributed by atoms with van der Waals surface area (Å²) >= 11 is 0. The minimum absolute atomic E-state index is 0.217. The zero-order valence-corrected chi connectivity index (χ0v) is 12.8. The zero-order chi connectivity index (χ0) is 14.8. The molecule has 1 N–H and O–H groups in total. The summed E-state index contributed by atoms with van der Waals surface area (Å²) in [6, 6.07) is 8.62. The van der Waals surface area contributed by atoms with E-state index in [0.29, 0.717) is 12.6 Å². The first-order valence-corrected chi connectivity index (χ1v) is 7.14. The van der Waals surface area contributed by atoms with Gasteiger partial charge in [0.1, 0.15) is 5.60 Å². The number of carbonyl (C=O) groups is 1. The number of aryl methyl sites for hydroxylation is 1. The topological polar surface area (TPSA) is 41.6 Å². The van der Waals surface area contributed by atoms with Crippen LogP contribution in [0, 0.1) is 6.92 Å². The monoisotopic (exact) mass is 276 g/mol. The Morgan fingerprint density at radius 3 is 2.55 bits per heavy atom. The van der Waals surface area contributed by atoms with Crippen molar-refractivity contribution in [2.24, 2.45) is 0 Å². The smallest absolute Gasteiger partial charge is 0.410 e. The molecule has 1 saturated heterocycles. The molecule has 1 aromatic carbocycles. The highest BCUT2D eigenvalue weighted by atomic mass is 16.6. The van der Waals surface area contributed by atoms with Crippen LogP contribution in [-0.4, -0.2) is 35.7 Å². The molecule has 4 nitrogen and oxygen atoms in total. The summed E-state index contributed by atoms with van der Waals surface area (Å²) in [6.07, 6.45) is 0.735. The summed E-state index contributed by atoms with van der Waals surface area (Å²) in [5, 5.41) is 3.47. The lowest BCUT2D eigenvalue weighted by Gasteiger charge is -2.24. The van der Waals surface area contributed by atoms with Crippen LogP contribution >= 0.6 is 0 Å². The second-order valence-corrected chi connectivity index (χ2v) is 6.42. The fourth-order valence-corrected chi connectivity index (χ4v) is 2.26. The van der Waals surface area contributed by atoms with Gasteiger partial charge in [-0.05, 0) is 46.2 Å². The summed E-state index contributed by atoms with van der Waals surface area (Å²) in [7, 11) is 0. The van der Waals surface area contributed by atoms with Gasteiger partial charge in [-0.25, -0.2) is 4.79 Å². The number of hydrogen-bond donors (Lipinski definition) is 1. The SMILES string of the molecule is Cc1ccc(N[C@@H]2CCN(C(=O)OC(C)(C)C)C2)cc1. The van der Waals surface area contributed by atoms with Crippen molar-refractivity contribution in [3.05, 3.63) is 29.8 Å². The Bertz CT molecular complexity index is 462. The molecule has 0 aromatic heterocycles. The molecule has 0 saturated carbocycles. The van der Waals surface area contributed by atoms with E-state index in [1.54, 1.807) is 4.90 Å². The molecule has 2 rings (SSSR count). The van der Waals surface area contributed by atoms with E-state index in [1.165, 1.54) is 5.56 Å². The molecule has 1 aliphatic heterocycles. The van der Waals surface area contributed by atoms with Crippen molar-refractivity contribution in [1.29, 1.82) is 0 Å². The minimum Gasteiger partial charge on any atom is -0.444 e. The number of amides is 1. The van der Waals surface area contributed by atoms with Gasteiger partial charge in [0.05, 0.1) is 0 Å². The fraction of sp³-hybridized carbons (Fsp3) is 0.562. The first-order valence-electron chi connectivity index (χ1n) is 7.14. The standard InChI is InChI=1S/C16H24N2O2/c1-12-5-7-13(8-6-12)17-14-9-10-18(11-14)15(19)20-16(2,3)4/h5-8,14,17H,9-11H2,1-4H3/t14-/m1/s1. The Balaban J connectivity index is 1.86. The number of hydrogen-bond acceptors (Lipinski definition) is 3. The molecule has 1 aromatic rings. The molecule has 0 radical (unpaired) electrons. The van der Waals surface area contributed by atoms with Crippen LogP contribution in [0.25, 0.3) is 0 Å². The summed E-state index contributed by atoms with van der Waals surface area (Å²) in [5.74, 6) is 0. The highest BCUT2D eigenvalue weighted by Crippen LogP contribution is 2.19. The Morgan fingerprint density at radius 1 is 1.30 bits per heavy atom. The lowest BCUT2D eigenvalue weighted by Crippen LogP contribution is -2.36. The summed E-state index contributed by atoms with van der Waals surface area (Å²) in [5.41, 5.74) is 1.92. The summed E-state index contributed by atoms with van der Waals surface area (Å²) < 4.78 is 5.40. The first-order chi connectivity index (χ1) is 9.33. The number of nitrogens with one attached hydrogen (secondary N) is 1. The predicted octanol–water partition coefficient (Wildman–Crippen LogP) is 3.42. The second-order valence-electron chi connectivity index (χ2n) is 6.42. The van der Waals surface area contributed by atoms with Crippen LogP contribution in [-0.2, 0) is 4.74 Å². The van der Waals surface area contributed by atoms with Gasteiger partial charge in [0.15, 0.2) is 0 Å². The number of carbonyl (C=O) groups excluding carboxylic acids is 1. The maximum Gasteiger partial charge on any atom is 0.410 e. The van der Waals surface area contributed by atoms with Crippen LogP contribution < -0.4 is 5.32 Å². The van der Waals surface area contributed by atoms with Crippen LogP contribution in [0.4, 0.5) is 10.5 Å². The number of likely N-dealkylation sites (tertiary alicyclic amines) is 1. The molecule has 0 aliphatic carbocycles. The van der Waals surface area contributed by atoms with E-state index in [-0.39, 0.29) is 6.09 Å². The molecule has 110 valence electrons. The lowest BCUT2D eigenvalue weighted by atomic mass is 10.2. The molecule has 1 atom stereocenters. The average Bonchev–Trinajstić information content (AvgIpc) is 2.79. The van der Waals surface area contributed by atoms with E-state index in [0.717, 1.165) is 18.7 Å². The molecule has 0 bridgehead atoms. The van der Waals surface area contributed by atoms with Crippen molar-refractivity contribution in [2.75, 3.05) is 18.4 Å². The third-order valence-electron chi connectivity index (χ3n) is 3.26. The Labute approximate surface area is 121 Å². The van der Waals surface area contributed by atoms with Crippen molar-refractivity contribution in [2.45, 2.75) is 45.8 Å². The van der Waals surface area contributed by atoms with E-state index in [9.17, 15) is 4.79 Å². The van der Waals surface area contributed by atoms with Crippen LogP contribution in [0.15, 0.2) is 24.3 Å². The Morgan fingerprint density at radius 2 is 1.95 bits per heavy atom. The maximum atomic E-state index is 12.0. The van der Waals surface area contributed by atoms with Gasteiger partial charge in [0, 0.05) is 24.8 Å². The molecule has 4 heteroatoms. The molecule has 1 heterocycles. The Kier molecular flexibility index (Phi) is 4.21. The third kappa shape index (κ3) is 4.15. The largest absolute Gasteiger partial charge is 0.444 e. The lowest BCUT2D eigenvalue weighted by molar-refractivity contribution is 0.0293. The van der Waals surface area contributed by atoms with E-state index in [1.807, 2.05) is 20.8 Å². The van der Waals surface area contributed by atoms with Crippen LogP contribution in [0.1, 0.15) is 32.8 Å². The van der Waals surface area contributed by atoms with Gasteiger partial charge < -0.3 is 15.0 Å². The number of nitrogens with zero attached hydrogens (tertiary/aromatic N) is 1. The van der Waals surface area contributed by atoms with E-state index < -0.39 is 5.60 Å². The number of rotatable bonds is 2. The molecule has 20 heavy (non-hydrogen) atoms. The predicted molar refractivity (Wildman–Crippen MR) is 81.0 cm³/mol. The van der Waals surface area contributed by atoms with E-state index >= 15 is 0 Å². The van der Waals surface area contributed by atoms with Gasteiger partial charge >= 0.3 is 6.09 Å². The van der Waals surface area contributed by atoms with Gasteiger partial charge in [0.25, 0.3) is 0 Å². The van der Waals surface area contributed by atoms with Gasteiger partial charge in [-0.1, -0.05) is 17.7 Å². The number of anilines is 1. The molecule has 1 amide bonds. The average molecular weight is 276 g/mol. The summed E-state index contributed by atoms with van der Waals surface area (Å²) in [4.78, 5) is 13.8. The molecule has 1 aliphatic rings. The molecule has 0 unspecified atom stereocenters. The highest BCUT2D eigenvalue weighted by molar-refractivity contribution is 5.68. The molecule has 0 spiro atoms. The maximum absolute atomic E-state index is 12.0. The first kappa shape index (κ1) is 14.7. The molecular formula is C16H24N2O2. The fourth-order valence-electron chi connectivity index (χ4n) is 2.26. The number of ether oxygens (including phenoxy) is 1. The van der Waals surface area contributed by atoms with Crippen molar-refractivity contribution in [3.8, 4) is 0 Å². The third-order valence-corrected chi connectivity index (χ3v) is 3.26. The minimum atomic E-state index is -0.431. The van der Waals surface area contributed by atoms with E-state index in [4.69, 9.17) is 4.74 Å².